The quantitative estimate of drug-likeness (QED) is 0.353. The number of amides is 5. The lowest BCUT2D eigenvalue weighted by atomic mass is 9.91. The summed E-state index contributed by atoms with van der Waals surface area (Å²) in [6, 6.07) is 12.6. The molecule has 5 amide bonds. The van der Waals surface area contributed by atoms with E-state index in [0.717, 1.165) is 5.56 Å². The van der Waals surface area contributed by atoms with Crippen molar-refractivity contribution in [3.63, 3.8) is 0 Å². The number of likely N-dealkylation sites (tertiary alicyclic amines) is 1. The summed E-state index contributed by atoms with van der Waals surface area (Å²) in [5.41, 5.74) is 6.10. The highest BCUT2D eigenvalue weighted by molar-refractivity contribution is 6.30. The monoisotopic (exact) mass is 606 g/mol. The lowest BCUT2D eigenvalue weighted by Crippen LogP contribution is -2.53. The number of rotatable bonds is 8. The van der Waals surface area contributed by atoms with Crippen molar-refractivity contribution in [1.29, 1.82) is 0 Å². The third kappa shape index (κ3) is 5.92. The molecule has 3 heterocycles. The van der Waals surface area contributed by atoms with Gasteiger partial charge in [0.2, 0.25) is 29.5 Å². The molecule has 0 aromatic heterocycles. The zero-order valence-corrected chi connectivity index (χ0v) is 24.0. The predicted molar refractivity (Wildman–Crippen MR) is 156 cm³/mol. The van der Waals surface area contributed by atoms with E-state index in [4.69, 9.17) is 22.2 Å². The minimum atomic E-state index is -1.08. The van der Waals surface area contributed by atoms with Gasteiger partial charge in [0.1, 0.15) is 17.6 Å². The Balaban J connectivity index is 1.18. The summed E-state index contributed by atoms with van der Waals surface area (Å²) in [4.78, 5) is 70.6. The highest BCUT2D eigenvalue weighted by Gasteiger charge is 2.56. The fourth-order valence-electron chi connectivity index (χ4n) is 5.89. The number of nitrogens with two attached hydrogens (primary N) is 1. The number of carbonyl (C=O) groups excluding carboxylic acids is 5. The molecule has 1 aliphatic carbocycles. The zero-order chi connectivity index (χ0) is 30.4. The molecule has 1 spiro atoms. The van der Waals surface area contributed by atoms with Gasteiger partial charge in [-0.2, -0.15) is 0 Å². The van der Waals surface area contributed by atoms with Crippen LogP contribution >= 0.6 is 11.6 Å². The summed E-state index contributed by atoms with van der Waals surface area (Å²) in [6.45, 7) is 0.117. The number of benzene rings is 2. The van der Waals surface area contributed by atoms with E-state index < -0.39 is 35.0 Å². The van der Waals surface area contributed by atoms with Gasteiger partial charge >= 0.3 is 0 Å². The summed E-state index contributed by atoms with van der Waals surface area (Å²) < 4.78 is 0. The van der Waals surface area contributed by atoms with E-state index in [1.165, 1.54) is 4.90 Å². The lowest BCUT2D eigenvalue weighted by molar-refractivity contribution is -0.139. The van der Waals surface area contributed by atoms with Crippen molar-refractivity contribution in [2.45, 2.75) is 68.2 Å². The third-order valence-electron chi connectivity index (χ3n) is 8.49. The number of hydrogen-bond donors (Lipinski definition) is 4. The molecule has 1 saturated carbocycles. The fourth-order valence-corrected chi connectivity index (χ4v) is 6.01. The molecule has 43 heavy (non-hydrogen) atoms. The molecule has 0 bridgehead atoms. The van der Waals surface area contributed by atoms with Gasteiger partial charge in [-0.3, -0.25) is 24.0 Å². The summed E-state index contributed by atoms with van der Waals surface area (Å²) in [5, 5.41) is 13.2. The van der Waals surface area contributed by atoms with E-state index in [1.807, 2.05) is 6.07 Å². The fraction of sp³-hybridized carbons (Fsp3) is 0.400. The van der Waals surface area contributed by atoms with Gasteiger partial charge in [-0.1, -0.05) is 41.0 Å². The van der Waals surface area contributed by atoms with Crippen LogP contribution in [0.5, 0.6) is 0 Å². The molecule has 5 N–H and O–H groups in total. The second-order valence-electron chi connectivity index (χ2n) is 11.7. The highest BCUT2D eigenvalue weighted by Crippen LogP contribution is 2.41. The Hall–Kier alpha value is -4.45. The van der Waals surface area contributed by atoms with Crippen LogP contribution in [-0.2, 0) is 35.2 Å². The molecule has 0 radical (unpaired) electrons. The van der Waals surface area contributed by atoms with E-state index in [9.17, 15) is 24.0 Å². The summed E-state index contributed by atoms with van der Waals surface area (Å²) in [6.07, 6.45) is 2.20. The Morgan fingerprint density at radius 2 is 1.88 bits per heavy atom. The van der Waals surface area contributed by atoms with Crippen LogP contribution in [0.25, 0.3) is 0 Å². The number of anilines is 1. The Bertz CT molecular complexity index is 1540. The Labute approximate surface area is 252 Å². The Kier molecular flexibility index (Phi) is 7.33. The maximum atomic E-state index is 13.6. The summed E-state index contributed by atoms with van der Waals surface area (Å²) in [7, 11) is 0. The van der Waals surface area contributed by atoms with Crippen LogP contribution in [0, 0.1) is 0 Å². The number of primary amides is 1. The van der Waals surface area contributed by atoms with Gasteiger partial charge in [-0.15, -0.1) is 0 Å². The summed E-state index contributed by atoms with van der Waals surface area (Å²) >= 11 is 6.00. The SMILES string of the molecule is NC(=O)C1(NC(=O)[C@@H]2CC3(CC(c4cccc(NC(=O)[C@@H]5CCC(=O)N5)c4)=NO3)CN2C(=O)Cc2ccc(Cl)cc2)CC1. The van der Waals surface area contributed by atoms with Crippen LogP contribution in [0.4, 0.5) is 5.69 Å². The average molecular weight is 607 g/mol. The molecule has 2 aromatic carbocycles. The van der Waals surface area contributed by atoms with Crippen LogP contribution in [0.15, 0.2) is 53.7 Å². The highest BCUT2D eigenvalue weighted by atomic mass is 35.5. The van der Waals surface area contributed by atoms with Crippen LogP contribution in [-0.4, -0.2) is 69.9 Å². The van der Waals surface area contributed by atoms with Gasteiger partial charge in [0.05, 0.1) is 18.7 Å². The second-order valence-corrected chi connectivity index (χ2v) is 12.1. The van der Waals surface area contributed by atoms with Crippen LogP contribution < -0.4 is 21.7 Å². The predicted octanol–water partition coefficient (Wildman–Crippen LogP) is 1.40. The van der Waals surface area contributed by atoms with Crippen LogP contribution in [0.1, 0.15) is 49.7 Å². The van der Waals surface area contributed by atoms with Gasteiger partial charge in [0, 0.05) is 35.5 Å². The van der Waals surface area contributed by atoms with Crippen molar-refractivity contribution in [3.05, 3.63) is 64.7 Å². The zero-order valence-electron chi connectivity index (χ0n) is 23.2. The van der Waals surface area contributed by atoms with E-state index >= 15 is 0 Å². The molecule has 3 atom stereocenters. The molecule has 12 nitrogen and oxygen atoms in total. The smallest absolute Gasteiger partial charge is 0.246 e. The lowest BCUT2D eigenvalue weighted by Gasteiger charge is -2.25. The third-order valence-corrected chi connectivity index (χ3v) is 8.74. The molecule has 6 rings (SSSR count). The topological polar surface area (TPSA) is 172 Å². The minimum Gasteiger partial charge on any atom is -0.387 e. The molecular weight excluding hydrogens is 576 g/mol. The maximum absolute atomic E-state index is 13.6. The minimum absolute atomic E-state index is 0.0505. The first-order chi connectivity index (χ1) is 20.5. The molecule has 224 valence electrons. The van der Waals surface area contributed by atoms with E-state index in [2.05, 4.69) is 21.1 Å². The van der Waals surface area contributed by atoms with Crippen molar-refractivity contribution < 1.29 is 28.8 Å². The molecule has 13 heteroatoms. The first-order valence-corrected chi connectivity index (χ1v) is 14.5. The van der Waals surface area contributed by atoms with Crippen molar-refractivity contribution >= 4 is 52.5 Å². The second kappa shape index (κ2) is 11.0. The standard InChI is InChI=1S/C30H31ClN6O6/c31-19-6-4-17(5-7-19)12-25(39)37-16-29(15-23(37)27(41)35-30(10-11-30)28(32)42)14-22(36-43-29)18-2-1-3-20(13-18)33-26(40)21-8-9-24(38)34-21/h1-7,13,21,23H,8-12,14-16H2,(H2,32,42)(H,33,40)(H,34,38)(H,35,41)/t21-,23-,29?/m0/s1. The number of oxime groups is 1. The molecule has 1 unspecified atom stereocenters. The van der Waals surface area contributed by atoms with E-state index in [-0.39, 0.29) is 37.1 Å². The number of nitrogens with one attached hydrogen (secondary N) is 3. The Morgan fingerprint density at radius 1 is 1.12 bits per heavy atom. The molecule has 4 aliphatic rings. The average Bonchev–Trinajstić information content (AvgIpc) is 3.29. The molecular formula is C30H31ClN6O6. The number of nitrogens with zero attached hydrogens (tertiary/aromatic N) is 2. The van der Waals surface area contributed by atoms with Crippen molar-refractivity contribution in [2.24, 2.45) is 10.9 Å². The normalized spacial score (nSPS) is 25.1. The van der Waals surface area contributed by atoms with E-state index in [0.29, 0.717) is 54.1 Å². The molecule has 2 aromatic rings. The first kappa shape index (κ1) is 28.7. The first-order valence-electron chi connectivity index (χ1n) is 14.2. The number of halogens is 1. The van der Waals surface area contributed by atoms with Gasteiger partial charge in [0.15, 0.2) is 5.60 Å². The van der Waals surface area contributed by atoms with Gasteiger partial charge < -0.3 is 31.4 Å². The largest absolute Gasteiger partial charge is 0.387 e. The van der Waals surface area contributed by atoms with Crippen LogP contribution in [0.2, 0.25) is 5.02 Å². The maximum Gasteiger partial charge on any atom is 0.246 e. The Morgan fingerprint density at radius 3 is 2.56 bits per heavy atom. The van der Waals surface area contributed by atoms with Crippen molar-refractivity contribution in [2.75, 3.05) is 11.9 Å². The number of hydrogen-bond acceptors (Lipinski definition) is 7. The molecule has 2 saturated heterocycles. The van der Waals surface area contributed by atoms with Crippen molar-refractivity contribution in [1.82, 2.24) is 15.5 Å². The van der Waals surface area contributed by atoms with Gasteiger partial charge in [0.25, 0.3) is 0 Å². The number of carbonyl (C=O) groups is 5. The molecule has 3 fully saturated rings. The summed E-state index contributed by atoms with van der Waals surface area (Å²) in [5.74, 6) is -1.78. The van der Waals surface area contributed by atoms with E-state index in [1.54, 1.807) is 42.5 Å². The van der Waals surface area contributed by atoms with Gasteiger partial charge in [-0.05, 0) is 49.1 Å². The van der Waals surface area contributed by atoms with Crippen LogP contribution in [0.3, 0.4) is 0 Å². The van der Waals surface area contributed by atoms with Crippen molar-refractivity contribution in [3.8, 4) is 0 Å². The molecule has 3 aliphatic heterocycles. The van der Waals surface area contributed by atoms with Gasteiger partial charge in [-0.25, -0.2) is 0 Å².